The van der Waals surface area contributed by atoms with Crippen molar-refractivity contribution in [3.63, 3.8) is 0 Å². The van der Waals surface area contributed by atoms with E-state index in [-0.39, 0.29) is 11.3 Å². The number of carbonyl (C=O) groups excluding carboxylic acids is 2. The van der Waals surface area contributed by atoms with Crippen molar-refractivity contribution >= 4 is 17.4 Å². The van der Waals surface area contributed by atoms with E-state index < -0.39 is 17.7 Å². The summed E-state index contributed by atoms with van der Waals surface area (Å²) in [6, 6.07) is 23.7. The Hall–Kier alpha value is -4.65. The SMILES string of the molecule is Cc1ccc(C(O)=C2C(=O)C(=O)N(CCCn3ccnc3)C2c2cccc(OCc3ccccc3)c2)cc1. The molecule has 7 heteroatoms. The van der Waals surface area contributed by atoms with Gasteiger partial charge in [0.1, 0.15) is 18.1 Å². The first-order valence-corrected chi connectivity index (χ1v) is 12.6. The summed E-state index contributed by atoms with van der Waals surface area (Å²) in [5, 5.41) is 11.3. The molecule has 2 heterocycles. The number of imidazole rings is 1. The Morgan fingerprint density at radius 3 is 2.50 bits per heavy atom. The lowest BCUT2D eigenvalue weighted by molar-refractivity contribution is -0.139. The highest BCUT2D eigenvalue weighted by molar-refractivity contribution is 6.46. The number of hydrogen-bond acceptors (Lipinski definition) is 5. The standard InChI is InChI=1S/C31H29N3O4/c1-22-11-13-24(14-12-22)29(35)27-28(34(31(37)30(27)36)17-6-16-33-18-15-32-21-33)25-9-5-10-26(19-25)38-20-23-7-3-2-4-8-23/h2-5,7-15,18-19,21,28,35H,6,16-17,20H2,1H3. The second-order valence-corrected chi connectivity index (χ2v) is 9.36. The highest BCUT2D eigenvalue weighted by atomic mass is 16.5. The van der Waals surface area contributed by atoms with E-state index in [1.54, 1.807) is 29.6 Å². The third-order valence-corrected chi connectivity index (χ3v) is 6.66. The van der Waals surface area contributed by atoms with E-state index in [0.29, 0.717) is 43.0 Å². The fourth-order valence-electron chi connectivity index (χ4n) is 4.68. The maximum Gasteiger partial charge on any atom is 0.295 e. The van der Waals surface area contributed by atoms with Crippen LogP contribution >= 0.6 is 0 Å². The topological polar surface area (TPSA) is 84.7 Å². The number of aromatic nitrogens is 2. The highest BCUT2D eigenvalue weighted by Gasteiger charge is 2.45. The molecule has 38 heavy (non-hydrogen) atoms. The molecule has 0 radical (unpaired) electrons. The average molecular weight is 508 g/mol. The van der Waals surface area contributed by atoms with Crippen LogP contribution in [0.15, 0.2) is 103 Å². The predicted molar refractivity (Wildman–Crippen MR) is 144 cm³/mol. The van der Waals surface area contributed by atoms with Gasteiger partial charge in [-0.15, -0.1) is 0 Å². The van der Waals surface area contributed by atoms with Gasteiger partial charge in [0, 0.05) is 31.0 Å². The van der Waals surface area contributed by atoms with Crippen LogP contribution in [-0.4, -0.2) is 37.8 Å². The Morgan fingerprint density at radius 1 is 0.974 bits per heavy atom. The molecule has 1 aromatic heterocycles. The van der Waals surface area contributed by atoms with Crippen LogP contribution in [0.4, 0.5) is 0 Å². The third kappa shape index (κ3) is 5.37. The molecule has 4 aromatic rings. The molecule has 0 aliphatic carbocycles. The Balaban J connectivity index is 1.49. The van der Waals surface area contributed by atoms with E-state index in [4.69, 9.17) is 4.74 Å². The summed E-state index contributed by atoms with van der Waals surface area (Å²) in [6.07, 6.45) is 5.90. The summed E-state index contributed by atoms with van der Waals surface area (Å²) in [7, 11) is 0. The molecule has 1 N–H and O–H groups in total. The molecule has 1 saturated heterocycles. The number of hydrogen-bond donors (Lipinski definition) is 1. The first kappa shape index (κ1) is 25.0. The summed E-state index contributed by atoms with van der Waals surface area (Å²) < 4.78 is 7.95. The van der Waals surface area contributed by atoms with Gasteiger partial charge in [-0.25, -0.2) is 4.98 Å². The second kappa shape index (κ2) is 11.2. The summed E-state index contributed by atoms with van der Waals surface area (Å²) in [6.45, 7) is 3.32. The third-order valence-electron chi connectivity index (χ3n) is 6.66. The molecule has 1 fully saturated rings. The lowest BCUT2D eigenvalue weighted by Crippen LogP contribution is -2.31. The Morgan fingerprint density at radius 2 is 1.76 bits per heavy atom. The molecular weight excluding hydrogens is 478 g/mol. The van der Waals surface area contributed by atoms with Crippen LogP contribution < -0.4 is 4.74 Å². The van der Waals surface area contributed by atoms with E-state index in [2.05, 4.69) is 4.98 Å². The number of amides is 1. The lowest BCUT2D eigenvalue weighted by atomic mass is 9.95. The van der Waals surface area contributed by atoms with Crippen LogP contribution in [0.1, 0.15) is 34.7 Å². The molecular formula is C31H29N3O4. The summed E-state index contributed by atoms with van der Waals surface area (Å²) >= 11 is 0. The quantitative estimate of drug-likeness (QED) is 0.189. The van der Waals surface area contributed by atoms with Crippen molar-refractivity contribution in [2.24, 2.45) is 0 Å². The van der Waals surface area contributed by atoms with E-state index in [9.17, 15) is 14.7 Å². The minimum atomic E-state index is -0.737. The normalized spacial score (nSPS) is 16.7. The minimum absolute atomic E-state index is 0.0849. The number of nitrogens with zero attached hydrogens (tertiary/aromatic N) is 3. The molecule has 0 spiro atoms. The van der Waals surface area contributed by atoms with Crippen molar-refractivity contribution in [1.82, 2.24) is 14.5 Å². The van der Waals surface area contributed by atoms with E-state index in [0.717, 1.165) is 11.1 Å². The number of likely N-dealkylation sites (tertiary alicyclic amines) is 1. The molecule has 7 nitrogen and oxygen atoms in total. The average Bonchev–Trinajstić information content (AvgIpc) is 3.55. The smallest absolute Gasteiger partial charge is 0.295 e. The summed E-state index contributed by atoms with van der Waals surface area (Å²) in [5.41, 5.74) is 3.34. The van der Waals surface area contributed by atoms with Crippen LogP contribution in [0.25, 0.3) is 5.76 Å². The number of aryl methyl sites for hydroxylation is 2. The van der Waals surface area contributed by atoms with Gasteiger partial charge in [0.2, 0.25) is 0 Å². The second-order valence-electron chi connectivity index (χ2n) is 9.36. The van der Waals surface area contributed by atoms with Gasteiger partial charge in [0.25, 0.3) is 11.7 Å². The molecule has 1 atom stereocenters. The maximum absolute atomic E-state index is 13.3. The molecule has 1 aliphatic heterocycles. The zero-order valence-electron chi connectivity index (χ0n) is 21.2. The predicted octanol–water partition coefficient (Wildman–Crippen LogP) is 5.28. The minimum Gasteiger partial charge on any atom is -0.507 e. The molecule has 3 aromatic carbocycles. The van der Waals surface area contributed by atoms with Crippen LogP contribution in [0.2, 0.25) is 0 Å². The molecule has 0 bridgehead atoms. The highest BCUT2D eigenvalue weighted by Crippen LogP contribution is 2.40. The largest absolute Gasteiger partial charge is 0.507 e. The Bertz CT molecular complexity index is 1440. The number of Topliss-reactive ketones (excluding diaryl/α,β-unsaturated/α-hetero) is 1. The van der Waals surface area contributed by atoms with E-state index in [1.165, 1.54) is 0 Å². The van der Waals surface area contributed by atoms with Gasteiger partial charge in [0.05, 0.1) is 17.9 Å². The van der Waals surface area contributed by atoms with Gasteiger partial charge in [-0.05, 0) is 36.6 Å². The fraction of sp³-hybridized carbons (Fsp3) is 0.194. The zero-order chi connectivity index (χ0) is 26.5. The molecule has 1 unspecified atom stereocenters. The van der Waals surface area contributed by atoms with Crippen molar-refractivity contribution in [3.05, 3.63) is 125 Å². The monoisotopic (exact) mass is 507 g/mol. The van der Waals surface area contributed by atoms with Crippen LogP contribution in [0, 0.1) is 6.92 Å². The number of aliphatic hydroxyl groups is 1. The van der Waals surface area contributed by atoms with Gasteiger partial charge >= 0.3 is 0 Å². The maximum atomic E-state index is 13.3. The fourth-order valence-corrected chi connectivity index (χ4v) is 4.68. The number of ketones is 1. The number of aliphatic hydroxyl groups excluding tert-OH is 1. The van der Waals surface area contributed by atoms with Crippen LogP contribution in [0.3, 0.4) is 0 Å². The first-order chi connectivity index (χ1) is 18.5. The number of benzene rings is 3. The van der Waals surface area contributed by atoms with Crippen molar-refractivity contribution in [3.8, 4) is 5.75 Å². The van der Waals surface area contributed by atoms with Crippen molar-refractivity contribution in [2.75, 3.05) is 6.54 Å². The van der Waals surface area contributed by atoms with Gasteiger partial charge in [0.15, 0.2) is 0 Å². The molecule has 1 amide bonds. The van der Waals surface area contributed by atoms with Gasteiger partial charge < -0.3 is 19.3 Å². The number of rotatable bonds is 9. The van der Waals surface area contributed by atoms with Crippen LogP contribution in [0.5, 0.6) is 5.75 Å². The number of ether oxygens (including phenoxy) is 1. The van der Waals surface area contributed by atoms with E-state index in [1.807, 2.05) is 84.4 Å². The van der Waals surface area contributed by atoms with E-state index >= 15 is 0 Å². The molecule has 1 aliphatic rings. The number of carbonyl (C=O) groups is 2. The zero-order valence-corrected chi connectivity index (χ0v) is 21.2. The lowest BCUT2D eigenvalue weighted by Gasteiger charge is -2.26. The molecule has 5 rings (SSSR count). The van der Waals surface area contributed by atoms with Gasteiger partial charge in [-0.2, -0.15) is 0 Å². The van der Waals surface area contributed by atoms with Gasteiger partial charge in [-0.3, -0.25) is 9.59 Å². The van der Waals surface area contributed by atoms with Crippen molar-refractivity contribution < 1.29 is 19.4 Å². The van der Waals surface area contributed by atoms with Crippen LogP contribution in [-0.2, 0) is 22.7 Å². The van der Waals surface area contributed by atoms with Crippen molar-refractivity contribution in [2.45, 2.75) is 32.5 Å². The van der Waals surface area contributed by atoms with Crippen molar-refractivity contribution in [1.29, 1.82) is 0 Å². The Labute approximate surface area is 221 Å². The Kier molecular flexibility index (Phi) is 7.35. The molecule has 0 saturated carbocycles. The first-order valence-electron chi connectivity index (χ1n) is 12.6. The molecule has 192 valence electrons. The van der Waals surface area contributed by atoms with Gasteiger partial charge in [-0.1, -0.05) is 72.3 Å². The summed E-state index contributed by atoms with van der Waals surface area (Å²) in [4.78, 5) is 32.2. The summed E-state index contributed by atoms with van der Waals surface area (Å²) in [5.74, 6) is -0.872.